The second-order valence-corrected chi connectivity index (χ2v) is 7.58. The van der Waals surface area contributed by atoms with E-state index >= 15 is 0 Å². The summed E-state index contributed by atoms with van der Waals surface area (Å²) in [4.78, 5) is 20.6. The summed E-state index contributed by atoms with van der Waals surface area (Å²) in [7, 11) is 5.52. The van der Waals surface area contributed by atoms with Crippen molar-refractivity contribution >= 4 is 11.9 Å². The zero-order valence-corrected chi connectivity index (χ0v) is 17.7. The highest BCUT2D eigenvalue weighted by molar-refractivity contribution is 5.81. The van der Waals surface area contributed by atoms with E-state index in [0.717, 1.165) is 57.3 Å². The van der Waals surface area contributed by atoms with E-state index in [-0.39, 0.29) is 11.9 Å². The molecule has 1 heterocycles. The maximum atomic E-state index is 12.2. The lowest BCUT2D eigenvalue weighted by Crippen LogP contribution is -2.44. The Bertz CT molecular complexity index is 424. The van der Waals surface area contributed by atoms with Gasteiger partial charge in [0.15, 0.2) is 5.96 Å². The van der Waals surface area contributed by atoms with Gasteiger partial charge in [0.1, 0.15) is 0 Å². The quantitative estimate of drug-likeness (QED) is 0.334. The molecule has 26 heavy (non-hydrogen) atoms. The molecule has 1 fully saturated rings. The van der Waals surface area contributed by atoms with Crippen molar-refractivity contribution in [3.63, 3.8) is 0 Å². The van der Waals surface area contributed by atoms with Crippen molar-refractivity contribution in [1.29, 1.82) is 0 Å². The third-order valence-corrected chi connectivity index (χ3v) is 5.33. The van der Waals surface area contributed by atoms with E-state index in [9.17, 15) is 4.79 Å². The minimum Gasteiger partial charge on any atom is -0.356 e. The first-order valence-electron chi connectivity index (χ1n) is 10.4. The predicted molar refractivity (Wildman–Crippen MR) is 111 cm³/mol. The SMILES string of the molecule is CCCCC(CC)CNC(=NC)NCCCN1CCCC1C(=O)N(C)C. The number of nitrogens with zero attached hydrogens (tertiary/aromatic N) is 3. The number of amides is 1. The van der Waals surface area contributed by atoms with Crippen molar-refractivity contribution in [3.8, 4) is 0 Å². The van der Waals surface area contributed by atoms with Crippen molar-refractivity contribution in [3.05, 3.63) is 0 Å². The molecule has 0 saturated carbocycles. The van der Waals surface area contributed by atoms with Crippen molar-refractivity contribution in [2.75, 3.05) is 47.3 Å². The molecule has 6 heteroatoms. The number of nitrogens with one attached hydrogen (secondary N) is 2. The molecule has 1 rings (SSSR count). The Hall–Kier alpha value is -1.30. The average molecular weight is 368 g/mol. The lowest BCUT2D eigenvalue weighted by atomic mass is 9.99. The molecule has 1 amide bonds. The molecule has 2 atom stereocenters. The molecule has 152 valence electrons. The fourth-order valence-corrected chi connectivity index (χ4v) is 3.57. The van der Waals surface area contributed by atoms with Crippen LogP contribution in [0.1, 0.15) is 58.8 Å². The van der Waals surface area contributed by atoms with E-state index < -0.39 is 0 Å². The fraction of sp³-hybridized carbons (Fsp3) is 0.900. The Balaban J connectivity index is 2.27. The first-order chi connectivity index (χ1) is 12.5. The lowest BCUT2D eigenvalue weighted by molar-refractivity contribution is -0.133. The van der Waals surface area contributed by atoms with Crippen molar-refractivity contribution in [2.45, 2.75) is 64.8 Å². The molecule has 0 aromatic heterocycles. The number of likely N-dealkylation sites (N-methyl/N-ethyl adjacent to an activating group) is 1. The number of carbonyl (C=O) groups excluding carboxylic acids is 1. The van der Waals surface area contributed by atoms with Gasteiger partial charge in [-0.3, -0.25) is 14.7 Å². The van der Waals surface area contributed by atoms with Crippen LogP contribution in [0.15, 0.2) is 4.99 Å². The van der Waals surface area contributed by atoms with Gasteiger partial charge in [-0.2, -0.15) is 0 Å². The molecule has 0 radical (unpaired) electrons. The molecule has 6 nitrogen and oxygen atoms in total. The number of guanidine groups is 1. The van der Waals surface area contributed by atoms with E-state index in [1.165, 1.54) is 25.7 Å². The molecule has 1 saturated heterocycles. The highest BCUT2D eigenvalue weighted by Crippen LogP contribution is 2.18. The minimum absolute atomic E-state index is 0.0753. The van der Waals surface area contributed by atoms with Crippen LogP contribution < -0.4 is 10.6 Å². The normalized spacial score (nSPS) is 19.4. The highest BCUT2D eigenvalue weighted by atomic mass is 16.2. The van der Waals surface area contributed by atoms with Crippen molar-refractivity contribution in [2.24, 2.45) is 10.9 Å². The molecule has 0 spiro atoms. The maximum Gasteiger partial charge on any atom is 0.239 e. The lowest BCUT2D eigenvalue weighted by Gasteiger charge is -2.26. The van der Waals surface area contributed by atoms with Gasteiger partial charge in [0, 0.05) is 40.8 Å². The summed E-state index contributed by atoms with van der Waals surface area (Å²) in [6.45, 7) is 8.37. The first kappa shape index (κ1) is 22.7. The molecule has 2 N–H and O–H groups in total. The Kier molecular flexibility index (Phi) is 11.3. The summed E-state index contributed by atoms with van der Waals surface area (Å²) < 4.78 is 0. The predicted octanol–water partition coefficient (Wildman–Crippen LogP) is 2.31. The summed E-state index contributed by atoms with van der Waals surface area (Å²) in [6.07, 6.45) is 8.19. The van der Waals surface area contributed by atoms with E-state index in [2.05, 4.69) is 34.4 Å². The largest absolute Gasteiger partial charge is 0.356 e. The van der Waals surface area contributed by atoms with Gasteiger partial charge in [-0.05, 0) is 38.1 Å². The smallest absolute Gasteiger partial charge is 0.239 e. The number of hydrogen-bond donors (Lipinski definition) is 2. The van der Waals surface area contributed by atoms with Crippen molar-refractivity contribution in [1.82, 2.24) is 20.4 Å². The number of hydrogen-bond acceptors (Lipinski definition) is 3. The Morgan fingerprint density at radius 1 is 1.27 bits per heavy atom. The van der Waals surface area contributed by atoms with E-state index in [4.69, 9.17) is 0 Å². The number of unbranched alkanes of at least 4 members (excludes halogenated alkanes) is 1. The molecule has 1 aliphatic rings. The fourth-order valence-electron chi connectivity index (χ4n) is 3.57. The number of carbonyl (C=O) groups is 1. The van der Waals surface area contributed by atoms with Gasteiger partial charge in [0.25, 0.3) is 0 Å². The molecule has 0 aromatic rings. The molecular formula is C20H41N5O. The van der Waals surface area contributed by atoms with E-state index in [1.807, 2.05) is 21.1 Å². The summed E-state index contributed by atoms with van der Waals surface area (Å²) in [5.41, 5.74) is 0. The standard InChI is InChI=1S/C20H41N5O/c1-6-8-11-17(7-2)16-23-20(21-3)22-13-10-15-25-14-9-12-18(25)19(26)24(4)5/h17-18H,6-16H2,1-5H3,(H2,21,22,23). The van der Waals surface area contributed by atoms with Gasteiger partial charge in [0.05, 0.1) is 6.04 Å². The van der Waals surface area contributed by atoms with Crippen LogP contribution in [-0.2, 0) is 4.79 Å². The van der Waals surface area contributed by atoms with Gasteiger partial charge in [0.2, 0.25) is 5.91 Å². The molecule has 2 unspecified atom stereocenters. The third kappa shape index (κ3) is 7.94. The summed E-state index contributed by atoms with van der Waals surface area (Å²) in [5, 5.41) is 6.88. The topological polar surface area (TPSA) is 60.0 Å². The molecule has 0 bridgehead atoms. The van der Waals surface area contributed by atoms with Gasteiger partial charge < -0.3 is 15.5 Å². The van der Waals surface area contributed by atoms with Crippen LogP contribution in [0, 0.1) is 5.92 Å². The van der Waals surface area contributed by atoms with E-state index in [0.29, 0.717) is 0 Å². The van der Waals surface area contributed by atoms with Gasteiger partial charge >= 0.3 is 0 Å². The monoisotopic (exact) mass is 367 g/mol. The summed E-state index contributed by atoms with van der Waals surface area (Å²) >= 11 is 0. The van der Waals surface area contributed by atoms with E-state index in [1.54, 1.807) is 4.90 Å². The minimum atomic E-state index is 0.0753. The Morgan fingerprint density at radius 2 is 2.04 bits per heavy atom. The number of aliphatic imine (C=N–C) groups is 1. The summed E-state index contributed by atoms with van der Waals surface area (Å²) in [5.74, 6) is 1.85. The number of likely N-dealkylation sites (tertiary alicyclic amines) is 1. The first-order valence-corrected chi connectivity index (χ1v) is 10.4. The molecule has 0 aliphatic carbocycles. The van der Waals surface area contributed by atoms with Crippen LogP contribution in [0.5, 0.6) is 0 Å². The van der Waals surface area contributed by atoms with Crippen LogP contribution >= 0.6 is 0 Å². The molecule has 1 aliphatic heterocycles. The van der Waals surface area contributed by atoms with Gasteiger partial charge in [-0.15, -0.1) is 0 Å². The molecular weight excluding hydrogens is 326 g/mol. The summed E-state index contributed by atoms with van der Waals surface area (Å²) in [6, 6.07) is 0.0753. The van der Waals surface area contributed by atoms with Crippen LogP contribution in [-0.4, -0.2) is 75.0 Å². The van der Waals surface area contributed by atoms with Crippen molar-refractivity contribution < 1.29 is 4.79 Å². The highest BCUT2D eigenvalue weighted by Gasteiger charge is 2.30. The third-order valence-electron chi connectivity index (χ3n) is 5.33. The van der Waals surface area contributed by atoms with Crippen LogP contribution in [0.3, 0.4) is 0 Å². The Morgan fingerprint density at radius 3 is 2.65 bits per heavy atom. The van der Waals surface area contributed by atoms with Crippen LogP contribution in [0.25, 0.3) is 0 Å². The zero-order valence-electron chi connectivity index (χ0n) is 17.7. The maximum absolute atomic E-state index is 12.2. The van der Waals surface area contributed by atoms with Crippen LogP contribution in [0.2, 0.25) is 0 Å². The van der Waals surface area contributed by atoms with Gasteiger partial charge in [-0.1, -0.05) is 33.1 Å². The second-order valence-electron chi connectivity index (χ2n) is 7.58. The van der Waals surface area contributed by atoms with Crippen LogP contribution in [0.4, 0.5) is 0 Å². The average Bonchev–Trinajstić information content (AvgIpc) is 3.10. The van der Waals surface area contributed by atoms with Gasteiger partial charge in [-0.25, -0.2) is 0 Å². The molecule has 0 aromatic carbocycles. The zero-order chi connectivity index (χ0) is 19.4. The Labute approximate surface area is 160 Å². The number of rotatable bonds is 11. The second kappa shape index (κ2) is 13.0.